The van der Waals surface area contributed by atoms with E-state index in [1.807, 2.05) is 0 Å². The van der Waals surface area contributed by atoms with E-state index in [-0.39, 0.29) is 0 Å². The monoisotopic (exact) mass is 243 g/mol. The molecule has 0 aromatic rings. The lowest BCUT2D eigenvalue weighted by molar-refractivity contribution is 0.0000287. The third kappa shape index (κ3) is 4.19. The smallest absolute Gasteiger partial charge is 0.0700 e. The average molecular weight is 243 g/mol. The van der Waals surface area contributed by atoms with Gasteiger partial charge in [-0.2, -0.15) is 0 Å². The summed E-state index contributed by atoms with van der Waals surface area (Å²) in [5.41, 5.74) is 0. The van der Waals surface area contributed by atoms with Crippen LogP contribution in [0.4, 0.5) is 0 Å². The Morgan fingerprint density at radius 2 is 1.88 bits per heavy atom. The fourth-order valence-electron chi connectivity index (χ4n) is 2.44. The molecule has 1 N–H and O–H groups in total. The van der Waals surface area contributed by atoms with Crippen molar-refractivity contribution in [1.29, 1.82) is 0 Å². The number of likely N-dealkylation sites (tertiary alicyclic amines) is 1. The van der Waals surface area contributed by atoms with Crippen LogP contribution in [-0.2, 0) is 9.47 Å². The van der Waals surface area contributed by atoms with Gasteiger partial charge in [-0.15, -0.1) is 0 Å². The van der Waals surface area contributed by atoms with Crippen LogP contribution in [0.2, 0.25) is 0 Å². The summed E-state index contributed by atoms with van der Waals surface area (Å²) in [6.45, 7) is 10.5. The molecule has 2 rings (SSSR count). The minimum atomic E-state index is 0.698. The topological polar surface area (TPSA) is 37.0 Å². The van der Waals surface area contributed by atoms with Gasteiger partial charge in [0, 0.05) is 59.0 Å². The first-order valence-electron chi connectivity index (χ1n) is 6.64. The molecule has 0 unspecified atom stereocenters. The van der Waals surface area contributed by atoms with Crippen LogP contribution in [0, 0.1) is 0 Å². The highest BCUT2D eigenvalue weighted by molar-refractivity contribution is 4.89. The van der Waals surface area contributed by atoms with Gasteiger partial charge in [0.25, 0.3) is 0 Å². The van der Waals surface area contributed by atoms with Crippen LogP contribution in [0.1, 0.15) is 0 Å². The number of ether oxygens (including phenoxy) is 2. The first-order valence-corrected chi connectivity index (χ1v) is 6.64. The van der Waals surface area contributed by atoms with E-state index >= 15 is 0 Å². The highest BCUT2D eigenvalue weighted by atomic mass is 16.5. The van der Waals surface area contributed by atoms with Crippen LogP contribution >= 0.6 is 0 Å². The zero-order valence-corrected chi connectivity index (χ0v) is 10.9. The summed E-state index contributed by atoms with van der Waals surface area (Å²) in [6, 6.07) is 0.788. The fourth-order valence-corrected chi connectivity index (χ4v) is 2.44. The second-order valence-corrected chi connectivity index (χ2v) is 4.80. The molecular weight excluding hydrogens is 218 g/mol. The Morgan fingerprint density at radius 3 is 2.59 bits per heavy atom. The van der Waals surface area contributed by atoms with E-state index in [1.165, 1.54) is 26.2 Å². The summed E-state index contributed by atoms with van der Waals surface area (Å²) >= 11 is 0. The molecule has 0 saturated carbocycles. The quantitative estimate of drug-likeness (QED) is 0.595. The number of rotatable bonds is 7. The van der Waals surface area contributed by atoms with E-state index in [0.29, 0.717) is 13.2 Å². The van der Waals surface area contributed by atoms with E-state index in [2.05, 4.69) is 15.1 Å². The summed E-state index contributed by atoms with van der Waals surface area (Å²) in [4.78, 5) is 5.08. The second kappa shape index (κ2) is 7.28. The van der Waals surface area contributed by atoms with Crippen LogP contribution in [0.3, 0.4) is 0 Å². The van der Waals surface area contributed by atoms with Gasteiger partial charge in [-0.05, 0) is 0 Å². The molecule has 5 heteroatoms. The molecule has 2 aliphatic heterocycles. The summed E-state index contributed by atoms with van der Waals surface area (Å²) in [5.74, 6) is 0. The van der Waals surface area contributed by atoms with Gasteiger partial charge in [-0.25, -0.2) is 0 Å². The molecule has 0 aromatic heterocycles. The maximum Gasteiger partial charge on any atom is 0.0700 e. The minimum Gasteiger partial charge on any atom is -0.382 e. The Hall–Kier alpha value is -0.200. The van der Waals surface area contributed by atoms with Crippen molar-refractivity contribution in [2.75, 3.05) is 72.7 Å². The zero-order chi connectivity index (χ0) is 11.9. The van der Waals surface area contributed by atoms with Crippen molar-refractivity contribution in [3.05, 3.63) is 0 Å². The predicted molar refractivity (Wildman–Crippen MR) is 67.4 cm³/mol. The van der Waals surface area contributed by atoms with E-state index in [0.717, 1.165) is 32.3 Å². The Morgan fingerprint density at radius 1 is 1.12 bits per heavy atom. The summed E-state index contributed by atoms with van der Waals surface area (Å²) in [7, 11) is 1.71. The van der Waals surface area contributed by atoms with Crippen molar-refractivity contribution in [3.63, 3.8) is 0 Å². The van der Waals surface area contributed by atoms with Gasteiger partial charge in [-0.1, -0.05) is 0 Å². The Labute approximate surface area is 104 Å². The van der Waals surface area contributed by atoms with Crippen LogP contribution in [0.25, 0.3) is 0 Å². The predicted octanol–water partition coefficient (Wildman–Crippen LogP) is -0.761. The number of nitrogens with one attached hydrogen (secondary N) is 1. The van der Waals surface area contributed by atoms with Gasteiger partial charge in [-0.3, -0.25) is 9.80 Å². The van der Waals surface area contributed by atoms with Crippen LogP contribution in [0.15, 0.2) is 0 Å². The summed E-state index contributed by atoms with van der Waals surface area (Å²) in [5, 5.41) is 3.40. The van der Waals surface area contributed by atoms with Crippen molar-refractivity contribution in [2.24, 2.45) is 0 Å². The van der Waals surface area contributed by atoms with Crippen LogP contribution in [0.5, 0.6) is 0 Å². The number of hydrogen-bond donors (Lipinski definition) is 1. The Balaban J connectivity index is 1.47. The molecule has 0 atom stereocenters. The van der Waals surface area contributed by atoms with E-state index in [4.69, 9.17) is 9.47 Å². The van der Waals surface area contributed by atoms with E-state index < -0.39 is 0 Å². The van der Waals surface area contributed by atoms with Crippen LogP contribution < -0.4 is 5.32 Å². The molecule has 0 amide bonds. The molecule has 5 nitrogen and oxygen atoms in total. The lowest BCUT2D eigenvalue weighted by atomic mass is 10.1. The Bertz CT molecular complexity index is 204. The van der Waals surface area contributed by atoms with Gasteiger partial charge in [0.05, 0.1) is 19.8 Å². The Kier molecular flexibility index (Phi) is 5.67. The van der Waals surface area contributed by atoms with Crippen molar-refractivity contribution in [1.82, 2.24) is 15.1 Å². The fraction of sp³-hybridized carbons (Fsp3) is 1.00. The van der Waals surface area contributed by atoms with E-state index in [1.54, 1.807) is 7.11 Å². The van der Waals surface area contributed by atoms with Gasteiger partial charge >= 0.3 is 0 Å². The van der Waals surface area contributed by atoms with Crippen LogP contribution in [-0.4, -0.2) is 88.6 Å². The number of methoxy groups -OCH3 is 1. The van der Waals surface area contributed by atoms with E-state index in [9.17, 15) is 0 Å². The van der Waals surface area contributed by atoms with Gasteiger partial charge < -0.3 is 14.8 Å². The van der Waals surface area contributed by atoms with Crippen molar-refractivity contribution < 1.29 is 9.47 Å². The second-order valence-electron chi connectivity index (χ2n) is 4.80. The number of piperazine rings is 1. The molecular formula is C12H25N3O2. The lowest BCUT2D eigenvalue weighted by Crippen LogP contribution is -2.63. The summed E-state index contributed by atoms with van der Waals surface area (Å²) in [6.07, 6.45) is 0. The molecule has 0 spiro atoms. The van der Waals surface area contributed by atoms with Gasteiger partial charge in [0.1, 0.15) is 0 Å². The van der Waals surface area contributed by atoms with Crippen molar-refractivity contribution in [2.45, 2.75) is 6.04 Å². The lowest BCUT2D eigenvalue weighted by Gasteiger charge is -2.46. The minimum absolute atomic E-state index is 0.698. The SMILES string of the molecule is COCCOCCN1CC(N2CCNCC2)C1. The first kappa shape index (κ1) is 13.2. The standard InChI is InChI=1S/C12H25N3O2/c1-16-8-9-17-7-6-14-10-12(11-14)15-4-2-13-3-5-15/h12-13H,2-11H2,1H3. The average Bonchev–Trinajstić information content (AvgIpc) is 2.32. The highest BCUT2D eigenvalue weighted by Crippen LogP contribution is 2.14. The molecule has 100 valence electrons. The molecule has 2 aliphatic rings. The highest BCUT2D eigenvalue weighted by Gasteiger charge is 2.31. The molecule has 0 radical (unpaired) electrons. The normalized spacial score (nSPS) is 23.8. The third-order valence-electron chi connectivity index (χ3n) is 3.59. The maximum absolute atomic E-state index is 5.47. The number of hydrogen-bond acceptors (Lipinski definition) is 5. The van der Waals surface area contributed by atoms with Crippen molar-refractivity contribution >= 4 is 0 Å². The molecule has 0 bridgehead atoms. The largest absolute Gasteiger partial charge is 0.382 e. The first-order chi connectivity index (χ1) is 8.40. The zero-order valence-electron chi connectivity index (χ0n) is 10.9. The number of nitrogens with zero attached hydrogens (tertiary/aromatic N) is 2. The molecule has 0 aliphatic carbocycles. The molecule has 2 heterocycles. The molecule has 0 aromatic carbocycles. The summed E-state index contributed by atoms with van der Waals surface area (Å²) < 4.78 is 10.4. The third-order valence-corrected chi connectivity index (χ3v) is 3.59. The molecule has 2 fully saturated rings. The van der Waals surface area contributed by atoms with Crippen molar-refractivity contribution in [3.8, 4) is 0 Å². The molecule has 17 heavy (non-hydrogen) atoms. The van der Waals surface area contributed by atoms with Gasteiger partial charge in [0.15, 0.2) is 0 Å². The molecule has 2 saturated heterocycles. The maximum atomic E-state index is 5.47. The van der Waals surface area contributed by atoms with Gasteiger partial charge in [0.2, 0.25) is 0 Å².